The smallest absolute Gasteiger partial charge is 0.147 e. The summed E-state index contributed by atoms with van der Waals surface area (Å²) in [6.07, 6.45) is 4.92. The first-order chi connectivity index (χ1) is 11.8. The van der Waals surface area contributed by atoms with Gasteiger partial charge in [0.25, 0.3) is 0 Å². The zero-order valence-electron chi connectivity index (χ0n) is 14.3. The van der Waals surface area contributed by atoms with Crippen molar-refractivity contribution in [1.82, 2.24) is 19.7 Å². The van der Waals surface area contributed by atoms with Crippen molar-refractivity contribution < 1.29 is 5.11 Å². The zero-order valence-corrected chi connectivity index (χ0v) is 14.3. The van der Waals surface area contributed by atoms with E-state index in [1.54, 1.807) is 0 Å². The van der Waals surface area contributed by atoms with Gasteiger partial charge in [0.1, 0.15) is 11.6 Å². The Balaban J connectivity index is 1.57. The van der Waals surface area contributed by atoms with Crippen LogP contribution in [0.25, 0.3) is 0 Å². The third-order valence-corrected chi connectivity index (χ3v) is 5.24. The van der Waals surface area contributed by atoms with E-state index in [4.69, 9.17) is 0 Å². The molecule has 0 amide bonds. The van der Waals surface area contributed by atoms with E-state index in [2.05, 4.69) is 43.9 Å². The van der Waals surface area contributed by atoms with Gasteiger partial charge in [0.15, 0.2) is 0 Å². The van der Waals surface area contributed by atoms with Crippen LogP contribution in [0, 0.1) is 12.8 Å². The molecule has 0 radical (unpaired) electrons. The molecule has 1 heterocycles. The molecule has 2 fully saturated rings. The molecule has 0 saturated heterocycles. The van der Waals surface area contributed by atoms with Crippen LogP contribution in [0.15, 0.2) is 30.3 Å². The van der Waals surface area contributed by atoms with Gasteiger partial charge in [-0.25, -0.2) is 0 Å². The minimum atomic E-state index is 0.216. The van der Waals surface area contributed by atoms with Crippen LogP contribution in [0.1, 0.15) is 48.9 Å². The van der Waals surface area contributed by atoms with Gasteiger partial charge >= 0.3 is 0 Å². The first-order valence-corrected chi connectivity index (χ1v) is 9.05. The first kappa shape index (κ1) is 15.8. The molecule has 0 aliphatic heterocycles. The van der Waals surface area contributed by atoms with Crippen molar-refractivity contribution >= 4 is 0 Å². The molecule has 2 aliphatic carbocycles. The van der Waals surface area contributed by atoms with Crippen LogP contribution in [0.2, 0.25) is 0 Å². The summed E-state index contributed by atoms with van der Waals surface area (Å²) in [5.41, 5.74) is 1.28. The number of aliphatic hydroxyl groups excluding tert-OH is 1. The SMILES string of the molecule is Cc1nnc(CN(Cc2ccccc2)C(CO)C2CC2)n1C1CC1. The average molecular weight is 326 g/mol. The molecule has 1 aromatic heterocycles. The van der Waals surface area contributed by atoms with Gasteiger partial charge in [-0.3, -0.25) is 4.90 Å². The summed E-state index contributed by atoms with van der Waals surface area (Å²) in [6, 6.07) is 11.3. The maximum absolute atomic E-state index is 9.97. The molecule has 24 heavy (non-hydrogen) atoms. The van der Waals surface area contributed by atoms with Gasteiger partial charge in [-0.1, -0.05) is 30.3 Å². The molecule has 2 saturated carbocycles. The minimum absolute atomic E-state index is 0.216. The largest absolute Gasteiger partial charge is 0.395 e. The highest BCUT2D eigenvalue weighted by Crippen LogP contribution is 2.38. The lowest BCUT2D eigenvalue weighted by Crippen LogP contribution is -2.39. The number of aromatic nitrogens is 3. The first-order valence-electron chi connectivity index (χ1n) is 9.05. The average Bonchev–Trinajstić information content (AvgIpc) is 3.50. The number of aryl methyl sites for hydroxylation is 1. The second-order valence-corrected chi connectivity index (χ2v) is 7.24. The molecule has 2 aliphatic rings. The lowest BCUT2D eigenvalue weighted by Gasteiger charge is -2.30. The minimum Gasteiger partial charge on any atom is -0.395 e. The van der Waals surface area contributed by atoms with Crippen molar-refractivity contribution in [3.63, 3.8) is 0 Å². The maximum atomic E-state index is 9.97. The van der Waals surface area contributed by atoms with Gasteiger partial charge in [0.2, 0.25) is 0 Å². The Hall–Kier alpha value is -1.72. The summed E-state index contributed by atoms with van der Waals surface area (Å²) in [4.78, 5) is 2.40. The second kappa shape index (κ2) is 6.65. The molecular weight excluding hydrogens is 300 g/mol. The van der Waals surface area contributed by atoms with E-state index in [0.717, 1.165) is 24.7 Å². The zero-order chi connectivity index (χ0) is 16.5. The number of benzene rings is 1. The van der Waals surface area contributed by atoms with Crippen molar-refractivity contribution in [2.75, 3.05) is 6.61 Å². The number of rotatable bonds is 8. The Morgan fingerprint density at radius 3 is 2.50 bits per heavy atom. The predicted molar refractivity (Wildman–Crippen MR) is 92.3 cm³/mol. The van der Waals surface area contributed by atoms with Gasteiger partial charge in [-0.2, -0.15) is 0 Å². The molecular formula is C19H26N4O. The lowest BCUT2D eigenvalue weighted by atomic mass is 10.1. The summed E-state index contributed by atoms with van der Waals surface area (Å²) in [5.74, 6) is 2.68. The number of aliphatic hydroxyl groups is 1. The Labute approximate surface area is 143 Å². The summed E-state index contributed by atoms with van der Waals surface area (Å²) in [5, 5.41) is 18.7. The Kier molecular flexibility index (Phi) is 4.37. The number of nitrogens with zero attached hydrogens (tertiary/aromatic N) is 4. The van der Waals surface area contributed by atoms with E-state index in [-0.39, 0.29) is 12.6 Å². The molecule has 5 nitrogen and oxygen atoms in total. The highest BCUT2D eigenvalue weighted by Gasteiger charge is 2.36. The lowest BCUT2D eigenvalue weighted by molar-refractivity contribution is 0.0910. The van der Waals surface area contributed by atoms with Crippen LogP contribution in [0.4, 0.5) is 0 Å². The number of hydrogen-bond acceptors (Lipinski definition) is 4. The van der Waals surface area contributed by atoms with E-state index >= 15 is 0 Å². The second-order valence-electron chi connectivity index (χ2n) is 7.24. The fourth-order valence-electron chi connectivity index (χ4n) is 3.66. The third kappa shape index (κ3) is 3.37. The highest BCUT2D eigenvalue weighted by atomic mass is 16.3. The molecule has 4 rings (SSSR count). The maximum Gasteiger partial charge on any atom is 0.147 e. The molecule has 128 valence electrons. The predicted octanol–water partition coefficient (Wildman–Crippen LogP) is 2.69. The molecule has 1 aromatic carbocycles. The van der Waals surface area contributed by atoms with Gasteiger partial charge in [-0.15, -0.1) is 10.2 Å². The van der Waals surface area contributed by atoms with Crippen molar-refractivity contribution in [3.8, 4) is 0 Å². The van der Waals surface area contributed by atoms with E-state index in [1.165, 1.54) is 31.2 Å². The summed E-state index contributed by atoms with van der Waals surface area (Å²) in [6.45, 7) is 3.86. The van der Waals surface area contributed by atoms with Crippen LogP contribution < -0.4 is 0 Å². The van der Waals surface area contributed by atoms with Crippen molar-refractivity contribution in [2.45, 2.75) is 57.8 Å². The standard InChI is InChI=1S/C19H26N4O/c1-14-20-21-19(23(14)17-9-10-17)12-22(18(13-24)16-7-8-16)11-15-5-3-2-4-6-15/h2-6,16-18,24H,7-13H2,1H3. The molecule has 1 unspecified atom stereocenters. The highest BCUT2D eigenvalue weighted by molar-refractivity contribution is 5.15. The fraction of sp³-hybridized carbons (Fsp3) is 0.579. The van der Waals surface area contributed by atoms with Gasteiger partial charge in [0.05, 0.1) is 13.2 Å². The molecule has 0 bridgehead atoms. The Morgan fingerprint density at radius 2 is 1.88 bits per heavy atom. The quantitative estimate of drug-likeness (QED) is 0.810. The molecule has 5 heteroatoms. The Bertz CT molecular complexity index is 676. The van der Waals surface area contributed by atoms with Crippen LogP contribution in [0.3, 0.4) is 0 Å². The van der Waals surface area contributed by atoms with E-state index in [1.807, 2.05) is 13.0 Å². The van der Waals surface area contributed by atoms with Gasteiger partial charge in [-0.05, 0) is 44.1 Å². The molecule has 1 atom stereocenters. The fourth-order valence-corrected chi connectivity index (χ4v) is 3.66. The third-order valence-electron chi connectivity index (χ3n) is 5.24. The monoisotopic (exact) mass is 326 g/mol. The van der Waals surface area contributed by atoms with Crippen LogP contribution >= 0.6 is 0 Å². The van der Waals surface area contributed by atoms with Crippen molar-refractivity contribution in [2.24, 2.45) is 5.92 Å². The summed E-state index contributed by atoms with van der Waals surface area (Å²) >= 11 is 0. The van der Waals surface area contributed by atoms with E-state index in [9.17, 15) is 5.11 Å². The van der Waals surface area contributed by atoms with Crippen LogP contribution in [0.5, 0.6) is 0 Å². The van der Waals surface area contributed by atoms with Crippen LogP contribution in [-0.2, 0) is 13.1 Å². The van der Waals surface area contributed by atoms with Crippen molar-refractivity contribution in [1.29, 1.82) is 0 Å². The van der Waals surface area contributed by atoms with Gasteiger partial charge in [0, 0.05) is 18.6 Å². The Morgan fingerprint density at radius 1 is 1.12 bits per heavy atom. The number of hydrogen-bond donors (Lipinski definition) is 1. The van der Waals surface area contributed by atoms with E-state index in [0.29, 0.717) is 12.0 Å². The molecule has 0 spiro atoms. The molecule has 1 N–H and O–H groups in total. The topological polar surface area (TPSA) is 54.2 Å². The van der Waals surface area contributed by atoms with Gasteiger partial charge < -0.3 is 9.67 Å². The van der Waals surface area contributed by atoms with Crippen molar-refractivity contribution in [3.05, 3.63) is 47.5 Å². The summed E-state index contributed by atoms with van der Waals surface area (Å²) in [7, 11) is 0. The van der Waals surface area contributed by atoms with E-state index < -0.39 is 0 Å². The summed E-state index contributed by atoms with van der Waals surface area (Å²) < 4.78 is 2.30. The van der Waals surface area contributed by atoms with Crippen LogP contribution in [-0.4, -0.2) is 37.4 Å². The normalized spacial score (nSPS) is 19.0. The molecule has 2 aromatic rings.